The van der Waals surface area contributed by atoms with Crippen molar-refractivity contribution in [1.29, 1.82) is 0 Å². The molecule has 0 aliphatic carbocycles. The average molecular weight is 372 g/mol. The Morgan fingerprint density at radius 1 is 0.926 bits per heavy atom. The van der Waals surface area contributed by atoms with Gasteiger partial charge in [-0.15, -0.1) is 0 Å². The highest BCUT2D eigenvalue weighted by molar-refractivity contribution is 5.95. The van der Waals surface area contributed by atoms with Gasteiger partial charge in [0.15, 0.2) is 11.5 Å². The van der Waals surface area contributed by atoms with Crippen LogP contribution in [0.5, 0.6) is 17.2 Å². The molecule has 0 saturated carbocycles. The Balaban J connectivity index is 2.12. The summed E-state index contributed by atoms with van der Waals surface area (Å²) in [6.07, 6.45) is 0.722. The number of anilines is 1. The summed E-state index contributed by atoms with van der Waals surface area (Å²) in [7, 11) is 0. The number of nitrogens with two attached hydrogens (primary N) is 1. The normalized spacial score (nSPS) is 10.3. The number of ether oxygens (including phenoxy) is 3. The Hall–Kier alpha value is -2.89. The summed E-state index contributed by atoms with van der Waals surface area (Å²) in [5.74, 6) is 1.36. The van der Waals surface area contributed by atoms with Crippen LogP contribution in [0, 0.1) is 0 Å². The van der Waals surface area contributed by atoms with Crippen molar-refractivity contribution < 1.29 is 19.0 Å². The Bertz CT molecular complexity index is 717. The van der Waals surface area contributed by atoms with E-state index in [0.717, 1.165) is 17.7 Å². The van der Waals surface area contributed by atoms with Gasteiger partial charge in [0.2, 0.25) is 5.75 Å². The van der Waals surface area contributed by atoms with E-state index in [1.54, 1.807) is 12.1 Å². The zero-order valence-corrected chi connectivity index (χ0v) is 16.2. The molecule has 3 N–H and O–H groups in total. The molecule has 0 fully saturated rings. The van der Waals surface area contributed by atoms with Crippen molar-refractivity contribution in [2.24, 2.45) is 0 Å². The number of nitrogen functional groups attached to an aromatic ring is 1. The summed E-state index contributed by atoms with van der Waals surface area (Å²) in [4.78, 5) is 12.6. The van der Waals surface area contributed by atoms with E-state index in [1.165, 1.54) is 0 Å². The van der Waals surface area contributed by atoms with Crippen LogP contribution in [-0.2, 0) is 6.42 Å². The van der Waals surface area contributed by atoms with Crippen LogP contribution in [-0.4, -0.2) is 32.3 Å². The minimum Gasteiger partial charge on any atom is -0.490 e. The molecule has 6 heteroatoms. The first kappa shape index (κ1) is 20.4. The van der Waals surface area contributed by atoms with Gasteiger partial charge in [0, 0.05) is 17.8 Å². The Labute approximate surface area is 160 Å². The molecule has 2 rings (SSSR count). The summed E-state index contributed by atoms with van der Waals surface area (Å²) in [5, 5.41) is 2.93. The van der Waals surface area contributed by atoms with E-state index in [-0.39, 0.29) is 5.91 Å². The minimum absolute atomic E-state index is 0.185. The van der Waals surface area contributed by atoms with Gasteiger partial charge in [0.25, 0.3) is 5.91 Å². The lowest BCUT2D eigenvalue weighted by Gasteiger charge is -2.17. The number of carbonyl (C=O) groups excluding carboxylic acids is 1. The van der Waals surface area contributed by atoms with E-state index < -0.39 is 0 Å². The number of carbonyl (C=O) groups is 1. The second kappa shape index (κ2) is 10.3. The van der Waals surface area contributed by atoms with Crippen LogP contribution in [0.2, 0.25) is 0 Å². The monoisotopic (exact) mass is 372 g/mol. The number of hydrogen-bond donors (Lipinski definition) is 2. The quantitative estimate of drug-likeness (QED) is 0.624. The van der Waals surface area contributed by atoms with Crippen LogP contribution in [0.15, 0.2) is 36.4 Å². The zero-order chi connectivity index (χ0) is 19.6. The maximum absolute atomic E-state index is 12.6. The summed E-state index contributed by atoms with van der Waals surface area (Å²) >= 11 is 0. The van der Waals surface area contributed by atoms with Crippen molar-refractivity contribution in [1.82, 2.24) is 5.32 Å². The molecule has 0 heterocycles. The molecule has 0 saturated heterocycles. The van der Waals surface area contributed by atoms with Gasteiger partial charge in [0.1, 0.15) is 0 Å². The van der Waals surface area contributed by atoms with Gasteiger partial charge in [-0.05, 0) is 57.0 Å². The van der Waals surface area contributed by atoms with Crippen molar-refractivity contribution in [3.63, 3.8) is 0 Å². The highest BCUT2D eigenvalue weighted by atomic mass is 16.5. The third kappa shape index (κ3) is 5.81. The first-order chi connectivity index (χ1) is 13.1. The molecule has 0 aliphatic heterocycles. The fraction of sp³-hybridized carbons (Fsp3) is 0.381. The van der Waals surface area contributed by atoms with Gasteiger partial charge in [-0.3, -0.25) is 4.79 Å². The molecule has 6 nitrogen and oxygen atoms in total. The summed E-state index contributed by atoms with van der Waals surface area (Å²) in [6, 6.07) is 11.0. The van der Waals surface area contributed by atoms with Gasteiger partial charge >= 0.3 is 0 Å². The van der Waals surface area contributed by atoms with Gasteiger partial charge in [0.05, 0.1) is 19.8 Å². The van der Waals surface area contributed by atoms with Gasteiger partial charge in [-0.2, -0.15) is 0 Å². The molecule has 0 bridgehead atoms. The lowest BCUT2D eigenvalue weighted by Crippen LogP contribution is -2.25. The maximum atomic E-state index is 12.6. The van der Waals surface area contributed by atoms with E-state index in [0.29, 0.717) is 49.2 Å². The molecule has 0 spiro atoms. The number of benzene rings is 2. The predicted molar refractivity (Wildman–Crippen MR) is 107 cm³/mol. The molecule has 0 radical (unpaired) electrons. The average Bonchev–Trinajstić information content (AvgIpc) is 2.66. The summed E-state index contributed by atoms with van der Waals surface area (Å²) in [5.41, 5.74) is 8.00. The number of rotatable bonds is 10. The minimum atomic E-state index is -0.185. The van der Waals surface area contributed by atoms with Crippen molar-refractivity contribution >= 4 is 11.6 Å². The smallest absolute Gasteiger partial charge is 0.251 e. The van der Waals surface area contributed by atoms with Crippen LogP contribution in [0.25, 0.3) is 0 Å². The fourth-order valence-electron chi connectivity index (χ4n) is 2.63. The third-order valence-electron chi connectivity index (χ3n) is 3.85. The number of hydrogen-bond acceptors (Lipinski definition) is 5. The Morgan fingerprint density at radius 3 is 2.00 bits per heavy atom. The molecule has 0 aromatic heterocycles. The molecular weight excluding hydrogens is 344 g/mol. The third-order valence-corrected chi connectivity index (χ3v) is 3.85. The second-order valence-electron chi connectivity index (χ2n) is 5.85. The van der Waals surface area contributed by atoms with Crippen LogP contribution in [0.3, 0.4) is 0 Å². The fourth-order valence-corrected chi connectivity index (χ4v) is 2.63. The van der Waals surface area contributed by atoms with Crippen LogP contribution >= 0.6 is 0 Å². The zero-order valence-electron chi connectivity index (χ0n) is 16.2. The van der Waals surface area contributed by atoms with Gasteiger partial charge in [-0.25, -0.2) is 0 Å². The SMILES string of the molecule is CCOc1cc(C(=O)NCCc2ccc(N)cc2)cc(OCC)c1OCC. The van der Waals surface area contributed by atoms with Gasteiger partial charge < -0.3 is 25.3 Å². The lowest BCUT2D eigenvalue weighted by molar-refractivity contribution is 0.0953. The molecule has 0 aliphatic rings. The highest BCUT2D eigenvalue weighted by Gasteiger charge is 2.18. The van der Waals surface area contributed by atoms with Crippen molar-refractivity contribution in [2.45, 2.75) is 27.2 Å². The molecule has 2 aromatic carbocycles. The van der Waals surface area contributed by atoms with Crippen molar-refractivity contribution in [3.05, 3.63) is 47.5 Å². The number of amides is 1. The van der Waals surface area contributed by atoms with E-state index >= 15 is 0 Å². The molecular formula is C21H28N2O4. The summed E-state index contributed by atoms with van der Waals surface area (Å²) < 4.78 is 17.0. The Morgan fingerprint density at radius 2 is 1.48 bits per heavy atom. The largest absolute Gasteiger partial charge is 0.490 e. The molecule has 2 aromatic rings. The first-order valence-electron chi connectivity index (χ1n) is 9.28. The topological polar surface area (TPSA) is 82.8 Å². The van der Waals surface area contributed by atoms with Gasteiger partial charge in [-0.1, -0.05) is 12.1 Å². The first-order valence-corrected chi connectivity index (χ1v) is 9.28. The lowest BCUT2D eigenvalue weighted by atomic mass is 10.1. The molecule has 0 atom stereocenters. The van der Waals surface area contributed by atoms with Crippen LogP contribution in [0.4, 0.5) is 5.69 Å². The van der Waals surface area contributed by atoms with E-state index in [4.69, 9.17) is 19.9 Å². The molecule has 0 unspecified atom stereocenters. The molecule has 1 amide bonds. The van der Waals surface area contributed by atoms with E-state index in [2.05, 4.69) is 5.32 Å². The predicted octanol–water partition coefficient (Wildman–Crippen LogP) is 3.44. The van der Waals surface area contributed by atoms with Crippen LogP contribution in [0.1, 0.15) is 36.7 Å². The van der Waals surface area contributed by atoms with Crippen molar-refractivity contribution in [2.75, 3.05) is 32.1 Å². The number of nitrogens with one attached hydrogen (secondary N) is 1. The molecule has 146 valence electrons. The Kier molecular flexibility index (Phi) is 7.79. The highest BCUT2D eigenvalue weighted by Crippen LogP contribution is 2.39. The standard InChI is InChI=1S/C21H28N2O4/c1-4-25-18-13-16(14-19(26-5-2)20(18)27-6-3)21(24)23-12-11-15-7-9-17(22)10-8-15/h7-10,13-14H,4-6,11-12,22H2,1-3H3,(H,23,24). The molecule has 27 heavy (non-hydrogen) atoms. The van der Waals surface area contributed by atoms with E-state index in [9.17, 15) is 4.79 Å². The second-order valence-corrected chi connectivity index (χ2v) is 5.85. The van der Waals surface area contributed by atoms with Crippen LogP contribution < -0.4 is 25.3 Å². The van der Waals surface area contributed by atoms with E-state index in [1.807, 2.05) is 45.0 Å². The maximum Gasteiger partial charge on any atom is 0.251 e. The summed E-state index contributed by atoms with van der Waals surface area (Å²) in [6.45, 7) is 7.59. The van der Waals surface area contributed by atoms with Crippen molar-refractivity contribution in [3.8, 4) is 17.2 Å².